The van der Waals surface area contributed by atoms with Gasteiger partial charge in [-0.25, -0.2) is 4.79 Å². The van der Waals surface area contributed by atoms with Crippen LogP contribution in [0.25, 0.3) is 21.2 Å². The summed E-state index contributed by atoms with van der Waals surface area (Å²) < 4.78 is 1.22. The monoisotopic (exact) mass is 409 g/mol. The van der Waals surface area contributed by atoms with E-state index in [1.165, 1.54) is 27.0 Å². The van der Waals surface area contributed by atoms with E-state index in [2.05, 4.69) is 36.7 Å². The van der Waals surface area contributed by atoms with E-state index in [0.717, 1.165) is 16.0 Å². The lowest BCUT2D eigenvalue weighted by Gasteiger charge is -2.07. The lowest BCUT2D eigenvalue weighted by molar-refractivity contribution is 0.0697. The molecule has 0 saturated carbocycles. The first-order chi connectivity index (χ1) is 13.5. The summed E-state index contributed by atoms with van der Waals surface area (Å²) in [6, 6.07) is 16.3. The van der Waals surface area contributed by atoms with Gasteiger partial charge in [0.1, 0.15) is 17.2 Å². The predicted molar refractivity (Wildman–Crippen MR) is 116 cm³/mol. The molecule has 2 aromatic heterocycles. The van der Waals surface area contributed by atoms with Gasteiger partial charge in [-0.1, -0.05) is 47.5 Å². The molecule has 0 fully saturated rings. The Morgan fingerprint density at radius 1 is 1.07 bits per heavy atom. The van der Waals surface area contributed by atoms with Crippen LogP contribution < -0.4 is 5.48 Å². The maximum atomic E-state index is 11.8. The number of fused-ring (bicyclic) bond motifs is 1. The van der Waals surface area contributed by atoms with Crippen molar-refractivity contribution in [3.8, 4) is 11.1 Å². The van der Waals surface area contributed by atoms with Gasteiger partial charge in [0.05, 0.1) is 0 Å². The molecule has 0 saturated heterocycles. The van der Waals surface area contributed by atoms with Crippen molar-refractivity contribution in [3.05, 3.63) is 75.5 Å². The van der Waals surface area contributed by atoms with Crippen molar-refractivity contribution in [1.82, 2.24) is 0 Å². The maximum absolute atomic E-state index is 11.8. The molecule has 0 unspecified atom stereocenters. The maximum Gasteiger partial charge on any atom is 0.339 e. The molecule has 0 aliphatic heterocycles. The zero-order valence-electron chi connectivity index (χ0n) is 15.5. The highest BCUT2D eigenvalue weighted by Crippen LogP contribution is 2.36. The molecule has 0 atom stereocenters. The van der Waals surface area contributed by atoms with Crippen LogP contribution in [0.4, 0.5) is 5.00 Å². The fourth-order valence-corrected chi connectivity index (χ4v) is 4.92. The molecule has 4 nitrogen and oxygen atoms in total. The van der Waals surface area contributed by atoms with Crippen LogP contribution in [0.2, 0.25) is 0 Å². The van der Waals surface area contributed by atoms with Gasteiger partial charge in [-0.3, -0.25) is 10.3 Å². The Morgan fingerprint density at radius 3 is 2.57 bits per heavy atom. The highest BCUT2D eigenvalue weighted by Gasteiger charge is 2.20. The van der Waals surface area contributed by atoms with Gasteiger partial charge in [0.2, 0.25) is 0 Å². The van der Waals surface area contributed by atoms with E-state index in [1.807, 2.05) is 36.6 Å². The SMILES string of the molecule is Cc1ccc(-c2csc(NOCc3cc4cc(C)ccc4s3)c2C(=O)O)cc1. The van der Waals surface area contributed by atoms with E-state index in [1.54, 1.807) is 11.3 Å². The second kappa shape index (κ2) is 7.75. The second-order valence-electron chi connectivity index (χ2n) is 6.67. The molecule has 0 aliphatic carbocycles. The summed E-state index contributed by atoms with van der Waals surface area (Å²) in [7, 11) is 0. The largest absolute Gasteiger partial charge is 0.478 e. The molecule has 28 heavy (non-hydrogen) atoms. The van der Waals surface area contributed by atoms with Crippen LogP contribution in [0.1, 0.15) is 26.4 Å². The number of carboxylic acid groups (broad SMARTS) is 1. The van der Waals surface area contributed by atoms with E-state index in [0.29, 0.717) is 17.2 Å². The van der Waals surface area contributed by atoms with Crippen molar-refractivity contribution in [2.75, 3.05) is 5.48 Å². The van der Waals surface area contributed by atoms with Crippen LogP contribution in [-0.2, 0) is 11.4 Å². The minimum atomic E-state index is -0.972. The van der Waals surface area contributed by atoms with Gasteiger partial charge in [-0.15, -0.1) is 22.7 Å². The molecule has 6 heteroatoms. The van der Waals surface area contributed by atoms with E-state index in [-0.39, 0.29) is 5.56 Å². The van der Waals surface area contributed by atoms with Crippen molar-refractivity contribution in [2.45, 2.75) is 20.5 Å². The number of aromatic carboxylic acids is 1. The van der Waals surface area contributed by atoms with Crippen LogP contribution in [0.15, 0.2) is 53.9 Å². The Hall–Kier alpha value is -2.67. The molecule has 0 radical (unpaired) electrons. The highest BCUT2D eigenvalue weighted by atomic mass is 32.1. The Labute approximate surface area is 171 Å². The number of carboxylic acids is 1. The minimum Gasteiger partial charge on any atom is -0.478 e. The molecule has 142 valence electrons. The first kappa shape index (κ1) is 18.7. The third-order valence-corrected chi connectivity index (χ3v) is 6.44. The van der Waals surface area contributed by atoms with E-state index in [4.69, 9.17) is 4.84 Å². The molecule has 2 N–H and O–H groups in total. The fourth-order valence-electron chi connectivity index (χ4n) is 3.05. The molecule has 4 aromatic rings. The number of benzene rings is 2. The molecule has 0 bridgehead atoms. The summed E-state index contributed by atoms with van der Waals surface area (Å²) in [5.41, 5.74) is 7.02. The van der Waals surface area contributed by atoms with Crippen LogP contribution >= 0.6 is 22.7 Å². The Kier molecular flexibility index (Phi) is 5.17. The summed E-state index contributed by atoms with van der Waals surface area (Å²) in [5.74, 6) is -0.972. The van der Waals surface area contributed by atoms with E-state index < -0.39 is 5.97 Å². The lowest BCUT2D eigenvalue weighted by Crippen LogP contribution is -2.05. The van der Waals surface area contributed by atoms with Crippen LogP contribution in [0.3, 0.4) is 0 Å². The van der Waals surface area contributed by atoms with E-state index in [9.17, 15) is 9.90 Å². The van der Waals surface area contributed by atoms with Crippen molar-refractivity contribution in [3.63, 3.8) is 0 Å². The van der Waals surface area contributed by atoms with Gasteiger partial charge in [0.15, 0.2) is 0 Å². The van der Waals surface area contributed by atoms with Crippen molar-refractivity contribution < 1.29 is 14.7 Å². The second-order valence-corrected chi connectivity index (χ2v) is 8.72. The predicted octanol–water partition coefficient (Wildman–Crippen LogP) is 6.49. The number of nitrogens with one attached hydrogen (secondary N) is 1. The third kappa shape index (κ3) is 3.80. The number of aryl methyl sites for hydroxylation is 2. The fraction of sp³-hybridized carbons (Fsp3) is 0.136. The number of carbonyl (C=O) groups is 1. The normalized spacial score (nSPS) is 11.1. The van der Waals surface area contributed by atoms with Crippen LogP contribution in [0.5, 0.6) is 0 Å². The first-order valence-electron chi connectivity index (χ1n) is 8.80. The smallest absolute Gasteiger partial charge is 0.339 e. The van der Waals surface area contributed by atoms with Crippen LogP contribution in [-0.4, -0.2) is 11.1 Å². The van der Waals surface area contributed by atoms with Crippen molar-refractivity contribution in [1.29, 1.82) is 0 Å². The van der Waals surface area contributed by atoms with Gasteiger partial charge >= 0.3 is 5.97 Å². The standard InChI is InChI=1S/C22H19NO3S2/c1-13-3-6-15(7-4-13)18-12-27-21(20(18)22(24)25)23-26-11-17-10-16-9-14(2)5-8-19(16)28-17/h3-10,12,23H,11H2,1-2H3,(H,24,25). The minimum absolute atomic E-state index is 0.237. The summed E-state index contributed by atoms with van der Waals surface area (Å²) in [6.45, 7) is 4.45. The average molecular weight is 410 g/mol. The Bertz CT molecular complexity index is 1140. The highest BCUT2D eigenvalue weighted by molar-refractivity contribution is 7.19. The summed E-state index contributed by atoms with van der Waals surface area (Å²) in [6.07, 6.45) is 0. The van der Waals surface area contributed by atoms with Gasteiger partial charge in [0.25, 0.3) is 0 Å². The Morgan fingerprint density at radius 2 is 1.82 bits per heavy atom. The molecule has 2 aromatic carbocycles. The third-order valence-electron chi connectivity index (χ3n) is 4.47. The zero-order chi connectivity index (χ0) is 19.7. The lowest BCUT2D eigenvalue weighted by atomic mass is 10.0. The van der Waals surface area contributed by atoms with Gasteiger partial charge in [-0.05, 0) is 36.9 Å². The van der Waals surface area contributed by atoms with Crippen molar-refractivity contribution in [2.24, 2.45) is 0 Å². The summed E-state index contributed by atoms with van der Waals surface area (Å²) in [4.78, 5) is 18.6. The summed E-state index contributed by atoms with van der Waals surface area (Å²) >= 11 is 3.01. The number of rotatable bonds is 6. The van der Waals surface area contributed by atoms with Gasteiger partial charge < -0.3 is 5.11 Å². The number of anilines is 1. The molecule has 0 amide bonds. The molecular weight excluding hydrogens is 390 g/mol. The molecule has 2 heterocycles. The number of thiophene rings is 2. The number of hydrogen-bond donors (Lipinski definition) is 2. The summed E-state index contributed by atoms with van der Waals surface area (Å²) in [5, 5.41) is 13.3. The topological polar surface area (TPSA) is 58.6 Å². The molecule has 0 spiro atoms. The molecular formula is C22H19NO3S2. The van der Waals surface area contributed by atoms with Crippen LogP contribution in [0, 0.1) is 13.8 Å². The van der Waals surface area contributed by atoms with Crippen molar-refractivity contribution >= 4 is 43.7 Å². The zero-order valence-corrected chi connectivity index (χ0v) is 17.1. The van der Waals surface area contributed by atoms with E-state index >= 15 is 0 Å². The molecule has 4 rings (SSSR count). The quantitative estimate of drug-likeness (QED) is 0.357. The van der Waals surface area contributed by atoms with Gasteiger partial charge in [0, 0.05) is 20.5 Å². The Balaban J connectivity index is 1.51. The first-order valence-corrected chi connectivity index (χ1v) is 10.5. The molecule has 0 aliphatic rings. The average Bonchev–Trinajstić information content (AvgIpc) is 3.26. The van der Waals surface area contributed by atoms with Gasteiger partial charge in [-0.2, -0.15) is 0 Å². The number of hydrogen-bond acceptors (Lipinski definition) is 5.